The van der Waals surface area contributed by atoms with E-state index in [9.17, 15) is 14.0 Å². The molecule has 0 fully saturated rings. The molecule has 1 aliphatic heterocycles. The van der Waals surface area contributed by atoms with Gasteiger partial charge in [-0.05, 0) is 55.0 Å². The van der Waals surface area contributed by atoms with Crippen molar-refractivity contribution < 1.29 is 18.7 Å². The summed E-state index contributed by atoms with van der Waals surface area (Å²) in [4.78, 5) is 24.7. The maximum Gasteiger partial charge on any atom is 0.319 e. The van der Waals surface area contributed by atoms with E-state index in [-0.39, 0.29) is 11.7 Å². The van der Waals surface area contributed by atoms with Crippen molar-refractivity contribution in [2.24, 2.45) is 0 Å². The SMILES string of the molecule is CC(NC(=O)Nc1ccc2c(c1)SCC(=O)N2)c1ccc(Oc2ccccc2)c(F)c1. The number of anilines is 2. The van der Waals surface area contributed by atoms with E-state index < -0.39 is 17.9 Å². The van der Waals surface area contributed by atoms with E-state index in [4.69, 9.17) is 4.74 Å². The van der Waals surface area contributed by atoms with Crippen LogP contribution >= 0.6 is 11.8 Å². The molecular formula is C23H20FN3O3S. The molecule has 0 saturated carbocycles. The number of urea groups is 1. The third-order valence-electron chi connectivity index (χ3n) is 4.65. The summed E-state index contributed by atoms with van der Waals surface area (Å²) in [6.07, 6.45) is 0. The van der Waals surface area contributed by atoms with Gasteiger partial charge in [-0.3, -0.25) is 4.79 Å². The average Bonchev–Trinajstić information content (AvgIpc) is 2.76. The zero-order valence-electron chi connectivity index (χ0n) is 16.6. The topological polar surface area (TPSA) is 79.5 Å². The fourth-order valence-electron chi connectivity index (χ4n) is 3.08. The van der Waals surface area contributed by atoms with E-state index in [1.807, 2.05) is 18.2 Å². The van der Waals surface area contributed by atoms with Crippen molar-refractivity contribution in [3.05, 3.63) is 78.1 Å². The molecule has 0 spiro atoms. The van der Waals surface area contributed by atoms with Crippen molar-refractivity contribution >= 4 is 35.1 Å². The predicted molar refractivity (Wildman–Crippen MR) is 119 cm³/mol. The zero-order chi connectivity index (χ0) is 21.8. The number of nitrogens with one attached hydrogen (secondary N) is 3. The summed E-state index contributed by atoms with van der Waals surface area (Å²) in [6.45, 7) is 1.77. The Morgan fingerprint density at radius 1 is 1.13 bits per heavy atom. The highest BCUT2D eigenvalue weighted by Crippen LogP contribution is 2.33. The molecule has 0 radical (unpaired) electrons. The van der Waals surface area contributed by atoms with Crippen LogP contribution in [0.25, 0.3) is 0 Å². The molecule has 3 amide bonds. The van der Waals surface area contributed by atoms with Gasteiger partial charge in [0.15, 0.2) is 11.6 Å². The number of amides is 3. The van der Waals surface area contributed by atoms with Crippen molar-refractivity contribution in [3.63, 3.8) is 0 Å². The summed E-state index contributed by atoms with van der Waals surface area (Å²) in [5.74, 6) is 0.448. The van der Waals surface area contributed by atoms with E-state index >= 15 is 0 Å². The van der Waals surface area contributed by atoms with Gasteiger partial charge in [-0.25, -0.2) is 9.18 Å². The molecule has 158 valence electrons. The molecule has 6 nitrogen and oxygen atoms in total. The van der Waals surface area contributed by atoms with E-state index in [2.05, 4.69) is 16.0 Å². The molecule has 8 heteroatoms. The maximum absolute atomic E-state index is 14.5. The Bertz CT molecular complexity index is 1120. The Balaban J connectivity index is 1.37. The fraction of sp³-hybridized carbons (Fsp3) is 0.130. The molecular weight excluding hydrogens is 417 g/mol. The number of carbonyl (C=O) groups is 2. The van der Waals surface area contributed by atoms with Crippen LogP contribution in [0.15, 0.2) is 71.6 Å². The summed E-state index contributed by atoms with van der Waals surface area (Å²) in [7, 11) is 0. The molecule has 3 aromatic rings. The number of thioether (sulfide) groups is 1. The van der Waals surface area contributed by atoms with Gasteiger partial charge in [-0.2, -0.15) is 0 Å². The number of para-hydroxylation sites is 1. The second-order valence-electron chi connectivity index (χ2n) is 6.97. The van der Waals surface area contributed by atoms with Crippen molar-refractivity contribution in [2.45, 2.75) is 17.9 Å². The number of halogens is 1. The molecule has 1 aliphatic rings. The molecule has 0 aliphatic carbocycles. The Kier molecular flexibility index (Phi) is 6.08. The average molecular weight is 437 g/mol. The lowest BCUT2D eigenvalue weighted by Gasteiger charge is -2.19. The highest BCUT2D eigenvalue weighted by Gasteiger charge is 2.17. The fourth-order valence-corrected chi connectivity index (χ4v) is 3.93. The summed E-state index contributed by atoms with van der Waals surface area (Å²) in [5.41, 5.74) is 1.94. The van der Waals surface area contributed by atoms with Gasteiger partial charge < -0.3 is 20.7 Å². The molecule has 0 bridgehead atoms. The summed E-state index contributed by atoms with van der Waals surface area (Å²) >= 11 is 1.41. The molecule has 0 aromatic heterocycles. The largest absolute Gasteiger partial charge is 0.454 e. The second-order valence-corrected chi connectivity index (χ2v) is 7.99. The summed E-state index contributed by atoms with van der Waals surface area (Å²) < 4.78 is 20.0. The summed E-state index contributed by atoms with van der Waals surface area (Å²) in [6, 6.07) is 18.0. The van der Waals surface area contributed by atoms with E-state index in [0.29, 0.717) is 22.8 Å². The van der Waals surface area contributed by atoms with E-state index in [1.165, 1.54) is 17.8 Å². The van der Waals surface area contributed by atoms with Crippen LogP contribution in [0.3, 0.4) is 0 Å². The van der Waals surface area contributed by atoms with Gasteiger partial charge >= 0.3 is 6.03 Å². The molecule has 3 aromatic carbocycles. The number of fused-ring (bicyclic) bond motifs is 1. The lowest BCUT2D eigenvalue weighted by atomic mass is 10.1. The maximum atomic E-state index is 14.5. The van der Waals surface area contributed by atoms with Crippen LogP contribution in [0.4, 0.5) is 20.6 Å². The first-order valence-electron chi connectivity index (χ1n) is 9.64. The Morgan fingerprint density at radius 3 is 2.71 bits per heavy atom. The molecule has 31 heavy (non-hydrogen) atoms. The van der Waals surface area contributed by atoms with Crippen LogP contribution in [-0.2, 0) is 4.79 Å². The predicted octanol–water partition coefficient (Wildman–Crippen LogP) is 5.54. The standard InChI is InChI=1S/C23H20FN3O3S/c1-14(15-7-10-20(18(24)11-15)30-17-5-3-2-4-6-17)25-23(29)26-16-8-9-19-21(12-16)31-13-22(28)27-19/h2-12,14H,13H2,1H3,(H,27,28)(H2,25,26,29). The van der Waals surface area contributed by atoms with Crippen LogP contribution in [0.2, 0.25) is 0 Å². The first-order chi connectivity index (χ1) is 15.0. The molecule has 0 saturated heterocycles. The zero-order valence-corrected chi connectivity index (χ0v) is 17.5. The Morgan fingerprint density at radius 2 is 1.94 bits per heavy atom. The van der Waals surface area contributed by atoms with Gasteiger partial charge in [0.2, 0.25) is 5.91 Å². The summed E-state index contributed by atoms with van der Waals surface area (Å²) in [5, 5.41) is 8.35. The number of rotatable bonds is 5. The molecule has 1 unspecified atom stereocenters. The quantitative estimate of drug-likeness (QED) is 0.489. The van der Waals surface area contributed by atoms with Gasteiger partial charge in [0.25, 0.3) is 0 Å². The normalized spacial score (nSPS) is 13.5. The van der Waals surface area contributed by atoms with Crippen LogP contribution in [0.1, 0.15) is 18.5 Å². The van der Waals surface area contributed by atoms with E-state index in [0.717, 1.165) is 10.6 Å². The van der Waals surface area contributed by atoms with Gasteiger partial charge in [0, 0.05) is 10.6 Å². The Hall–Kier alpha value is -3.52. The number of benzene rings is 3. The highest BCUT2D eigenvalue weighted by molar-refractivity contribution is 8.00. The third kappa shape index (κ3) is 5.16. The van der Waals surface area contributed by atoms with Crippen molar-refractivity contribution in [1.82, 2.24) is 5.32 Å². The van der Waals surface area contributed by atoms with Crippen LogP contribution < -0.4 is 20.7 Å². The Labute approximate surface area is 183 Å². The second kappa shape index (κ2) is 9.09. The first kappa shape index (κ1) is 20.7. The van der Waals surface area contributed by atoms with Crippen molar-refractivity contribution in [3.8, 4) is 11.5 Å². The van der Waals surface area contributed by atoms with Crippen molar-refractivity contribution in [1.29, 1.82) is 0 Å². The highest BCUT2D eigenvalue weighted by atomic mass is 32.2. The van der Waals surface area contributed by atoms with Gasteiger partial charge in [0.05, 0.1) is 17.5 Å². The van der Waals surface area contributed by atoms with Gasteiger partial charge in [-0.1, -0.05) is 24.3 Å². The number of hydrogen-bond acceptors (Lipinski definition) is 4. The first-order valence-corrected chi connectivity index (χ1v) is 10.6. The minimum Gasteiger partial charge on any atom is -0.454 e. The van der Waals surface area contributed by atoms with Crippen molar-refractivity contribution in [2.75, 3.05) is 16.4 Å². The van der Waals surface area contributed by atoms with Crippen LogP contribution in [0.5, 0.6) is 11.5 Å². The minimum atomic E-state index is -0.510. The molecule has 4 rings (SSSR count). The van der Waals surface area contributed by atoms with Gasteiger partial charge in [-0.15, -0.1) is 11.8 Å². The number of ether oxygens (including phenoxy) is 1. The number of carbonyl (C=O) groups excluding carboxylic acids is 2. The molecule has 1 atom stereocenters. The van der Waals surface area contributed by atoms with E-state index in [1.54, 1.807) is 49.4 Å². The monoisotopic (exact) mass is 437 g/mol. The number of hydrogen-bond donors (Lipinski definition) is 3. The van der Waals surface area contributed by atoms with Crippen LogP contribution in [0, 0.1) is 5.82 Å². The third-order valence-corrected chi connectivity index (χ3v) is 5.70. The smallest absolute Gasteiger partial charge is 0.319 e. The van der Waals surface area contributed by atoms with Crippen LogP contribution in [-0.4, -0.2) is 17.7 Å². The molecule has 3 N–H and O–H groups in total. The molecule has 1 heterocycles. The lowest BCUT2D eigenvalue weighted by Crippen LogP contribution is -2.31. The lowest BCUT2D eigenvalue weighted by molar-refractivity contribution is -0.113. The van der Waals surface area contributed by atoms with Gasteiger partial charge in [0.1, 0.15) is 5.75 Å². The minimum absolute atomic E-state index is 0.0443.